The number of hydrogen-bond donors (Lipinski definition) is 0. The second kappa shape index (κ2) is 8.31. The Morgan fingerprint density at radius 3 is 2.07 bits per heavy atom. The Morgan fingerprint density at radius 2 is 1.45 bits per heavy atom. The van der Waals surface area contributed by atoms with E-state index in [1.807, 2.05) is 65.4 Å². The first-order valence-electron chi connectivity index (χ1n) is 9.20. The maximum atomic E-state index is 12.8. The summed E-state index contributed by atoms with van der Waals surface area (Å²) in [7, 11) is 0. The Morgan fingerprint density at radius 1 is 0.862 bits per heavy atom. The normalized spacial score (nSPS) is 11.6. The Labute approximate surface area is 182 Å². The molecule has 0 saturated heterocycles. The fraction of sp³-hybridized carbons (Fsp3) is 0.0833. The van der Waals surface area contributed by atoms with Crippen LogP contribution in [0.2, 0.25) is 0 Å². The zero-order valence-electron chi connectivity index (χ0n) is 16.1. The summed E-state index contributed by atoms with van der Waals surface area (Å²) in [6, 6.07) is 23.9. The predicted molar refractivity (Wildman–Crippen MR) is 123 cm³/mol. The maximum absolute atomic E-state index is 12.8. The van der Waals surface area contributed by atoms with E-state index in [4.69, 9.17) is 0 Å². The van der Waals surface area contributed by atoms with Gasteiger partial charge in [-0.1, -0.05) is 63.5 Å². The highest BCUT2D eigenvalue weighted by atomic mass is 79.9. The van der Waals surface area contributed by atoms with Crippen molar-refractivity contribution in [2.75, 3.05) is 0 Å². The summed E-state index contributed by atoms with van der Waals surface area (Å²) in [6.45, 7) is 4.07. The zero-order valence-corrected chi connectivity index (χ0v) is 18.5. The first kappa shape index (κ1) is 19.6. The van der Waals surface area contributed by atoms with Gasteiger partial charge in [-0.15, -0.1) is 11.3 Å². The van der Waals surface area contributed by atoms with Gasteiger partial charge < -0.3 is 0 Å². The molecule has 4 rings (SSSR count). The summed E-state index contributed by atoms with van der Waals surface area (Å²) in [5, 5.41) is 2.05. The molecule has 0 atom stereocenters. The van der Waals surface area contributed by atoms with Gasteiger partial charge in [0.25, 0.3) is 5.91 Å². The van der Waals surface area contributed by atoms with E-state index in [0.29, 0.717) is 10.4 Å². The number of benzene rings is 3. The third-order valence-corrected chi connectivity index (χ3v) is 5.99. The second-order valence-corrected chi connectivity index (χ2v) is 8.62. The number of rotatable bonds is 3. The van der Waals surface area contributed by atoms with E-state index in [9.17, 15) is 4.79 Å². The number of aromatic nitrogens is 1. The molecule has 1 amide bonds. The lowest BCUT2D eigenvalue weighted by atomic mass is 10.1. The summed E-state index contributed by atoms with van der Waals surface area (Å²) in [5.74, 6) is -0.242. The van der Waals surface area contributed by atoms with Crippen molar-refractivity contribution in [3.05, 3.63) is 104 Å². The third kappa shape index (κ3) is 4.31. The Kier molecular flexibility index (Phi) is 5.60. The number of nitrogens with zero attached hydrogens (tertiary/aromatic N) is 2. The molecule has 0 aliphatic rings. The van der Waals surface area contributed by atoms with Crippen LogP contribution in [0.15, 0.2) is 87.6 Å². The van der Waals surface area contributed by atoms with Crippen molar-refractivity contribution in [2.45, 2.75) is 13.8 Å². The van der Waals surface area contributed by atoms with Crippen LogP contribution in [0.25, 0.3) is 16.9 Å². The molecule has 0 N–H and O–H groups in total. The molecule has 0 fully saturated rings. The molecule has 0 radical (unpaired) electrons. The quantitative estimate of drug-likeness (QED) is 0.350. The van der Waals surface area contributed by atoms with E-state index in [2.05, 4.69) is 52.1 Å². The minimum Gasteiger partial charge on any atom is -0.285 e. The number of thiazole rings is 1. The molecule has 1 heterocycles. The van der Waals surface area contributed by atoms with Gasteiger partial charge in [0.1, 0.15) is 0 Å². The molecule has 0 aliphatic heterocycles. The van der Waals surface area contributed by atoms with Crippen molar-refractivity contribution in [3.63, 3.8) is 0 Å². The van der Waals surface area contributed by atoms with Crippen molar-refractivity contribution < 1.29 is 4.79 Å². The molecule has 0 saturated carbocycles. The molecule has 5 heteroatoms. The molecule has 3 nitrogen and oxygen atoms in total. The molecule has 29 heavy (non-hydrogen) atoms. The van der Waals surface area contributed by atoms with Crippen LogP contribution in [0.5, 0.6) is 0 Å². The Balaban J connectivity index is 1.87. The van der Waals surface area contributed by atoms with Gasteiger partial charge in [0.15, 0.2) is 4.80 Å². The van der Waals surface area contributed by atoms with Crippen molar-refractivity contribution in [3.8, 4) is 16.9 Å². The van der Waals surface area contributed by atoms with Gasteiger partial charge >= 0.3 is 0 Å². The fourth-order valence-electron chi connectivity index (χ4n) is 3.00. The minimum atomic E-state index is -0.242. The molecular formula is C24H19BrN2OS. The van der Waals surface area contributed by atoms with E-state index >= 15 is 0 Å². The lowest BCUT2D eigenvalue weighted by Crippen LogP contribution is -2.16. The monoisotopic (exact) mass is 462 g/mol. The summed E-state index contributed by atoms with van der Waals surface area (Å²) in [5.41, 5.74) is 5.96. The third-order valence-electron chi connectivity index (χ3n) is 4.64. The SMILES string of the molecule is Cc1ccc(C(=O)N=c2scc(-c3ccc(C)cc3)n2-c2ccc(Br)cc2)cc1. The number of halogens is 1. The van der Waals surface area contributed by atoms with Crippen molar-refractivity contribution in [1.29, 1.82) is 0 Å². The van der Waals surface area contributed by atoms with Gasteiger partial charge in [-0.2, -0.15) is 4.99 Å². The Bertz CT molecular complexity index is 1220. The molecule has 0 bridgehead atoms. The summed E-state index contributed by atoms with van der Waals surface area (Å²) < 4.78 is 3.04. The van der Waals surface area contributed by atoms with Crippen molar-refractivity contribution in [2.24, 2.45) is 4.99 Å². The topological polar surface area (TPSA) is 34.4 Å². The molecule has 0 unspecified atom stereocenters. The number of carbonyl (C=O) groups is 1. The second-order valence-electron chi connectivity index (χ2n) is 6.86. The molecule has 4 aromatic rings. The van der Waals surface area contributed by atoms with Crippen LogP contribution < -0.4 is 4.80 Å². The molecule has 0 spiro atoms. The number of hydrogen-bond acceptors (Lipinski definition) is 2. The predicted octanol–water partition coefficient (Wildman–Crippen LogP) is 6.33. The highest BCUT2D eigenvalue weighted by Gasteiger charge is 2.12. The summed E-state index contributed by atoms with van der Waals surface area (Å²) >= 11 is 4.96. The minimum absolute atomic E-state index is 0.242. The van der Waals surface area contributed by atoms with Gasteiger partial charge in [0.05, 0.1) is 5.69 Å². The van der Waals surface area contributed by atoms with Crippen LogP contribution in [-0.2, 0) is 0 Å². The first-order valence-corrected chi connectivity index (χ1v) is 10.9. The van der Waals surface area contributed by atoms with Gasteiger partial charge in [-0.3, -0.25) is 9.36 Å². The summed E-state index contributed by atoms with van der Waals surface area (Å²) in [6.07, 6.45) is 0. The average molecular weight is 463 g/mol. The van der Waals surface area contributed by atoms with Crippen LogP contribution in [-0.4, -0.2) is 10.5 Å². The molecule has 144 valence electrons. The number of amides is 1. The maximum Gasteiger partial charge on any atom is 0.279 e. The van der Waals surface area contributed by atoms with Crippen molar-refractivity contribution in [1.82, 2.24) is 4.57 Å². The van der Waals surface area contributed by atoms with Crippen molar-refractivity contribution >= 4 is 33.2 Å². The molecule has 1 aromatic heterocycles. The van der Waals surface area contributed by atoms with Crippen LogP contribution >= 0.6 is 27.3 Å². The lowest BCUT2D eigenvalue weighted by molar-refractivity contribution is 0.0998. The largest absolute Gasteiger partial charge is 0.285 e. The zero-order chi connectivity index (χ0) is 20.4. The standard InChI is InChI=1S/C24H19BrN2OS/c1-16-3-7-18(8-4-16)22-15-29-24(27(22)21-13-11-20(25)12-14-21)26-23(28)19-9-5-17(2)6-10-19/h3-15H,1-2H3. The highest BCUT2D eigenvalue weighted by Crippen LogP contribution is 2.25. The van der Waals surface area contributed by atoms with E-state index in [1.54, 1.807) is 0 Å². The van der Waals surface area contributed by atoms with E-state index in [0.717, 1.165) is 27.0 Å². The van der Waals surface area contributed by atoms with Gasteiger partial charge in [0, 0.05) is 21.1 Å². The van der Waals surface area contributed by atoms with Gasteiger partial charge in [-0.05, 0) is 55.8 Å². The highest BCUT2D eigenvalue weighted by molar-refractivity contribution is 9.10. The van der Waals surface area contributed by atoms with Crippen LogP contribution in [0.1, 0.15) is 21.5 Å². The van der Waals surface area contributed by atoms with E-state index < -0.39 is 0 Å². The fourth-order valence-corrected chi connectivity index (χ4v) is 4.17. The number of aryl methyl sites for hydroxylation is 2. The van der Waals surface area contributed by atoms with Crippen LogP contribution in [0.3, 0.4) is 0 Å². The van der Waals surface area contributed by atoms with Gasteiger partial charge in [-0.25, -0.2) is 0 Å². The molecular weight excluding hydrogens is 444 g/mol. The molecule has 3 aromatic carbocycles. The van der Waals surface area contributed by atoms with E-state index in [1.165, 1.54) is 16.9 Å². The van der Waals surface area contributed by atoms with Gasteiger partial charge in [0.2, 0.25) is 0 Å². The average Bonchev–Trinajstić information content (AvgIpc) is 3.13. The van der Waals surface area contributed by atoms with Crippen LogP contribution in [0.4, 0.5) is 0 Å². The van der Waals surface area contributed by atoms with E-state index in [-0.39, 0.29) is 5.91 Å². The lowest BCUT2D eigenvalue weighted by Gasteiger charge is -2.10. The number of carbonyl (C=O) groups excluding carboxylic acids is 1. The molecule has 0 aliphatic carbocycles. The summed E-state index contributed by atoms with van der Waals surface area (Å²) in [4.78, 5) is 17.9. The smallest absolute Gasteiger partial charge is 0.279 e. The Hall–Kier alpha value is -2.76. The first-order chi connectivity index (χ1) is 14.0. The van der Waals surface area contributed by atoms with Crippen LogP contribution in [0, 0.1) is 13.8 Å².